The van der Waals surface area contributed by atoms with Crippen LogP contribution >= 0.6 is 0 Å². The smallest absolute Gasteiger partial charge is 0.329 e. The van der Waals surface area contributed by atoms with E-state index in [1.807, 2.05) is 57.2 Å². The number of carbonyl (C=O) groups excluding carboxylic acids is 6. The number of carbonyl (C=O) groups is 6. The molecule has 72 heavy (non-hydrogen) atoms. The largest absolute Gasteiger partial charge is 0.460 e. The first-order valence-electron chi connectivity index (χ1n) is 26.4. The Balaban J connectivity index is 1.50. The highest BCUT2D eigenvalue weighted by molar-refractivity contribution is 6.39. The van der Waals surface area contributed by atoms with E-state index in [-0.39, 0.29) is 79.4 Å². The number of ketones is 4. The van der Waals surface area contributed by atoms with Gasteiger partial charge in [-0.3, -0.25) is 24.0 Å². The first kappa shape index (κ1) is 58.4. The van der Waals surface area contributed by atoms with Crippen molar-refractivity contribution < 1.29 is 63.0 Å². The number of hydrogen-bond donors (Lipinski definition) is 3. The fourth-order valence-corrected chi connectivity index (χ4v) is 11.2. The number of Topliss-reactive ketones (excluding diaryl/α,β-unsaturated/α-hetero) is 4. The first-order valence-corrected chi connectivity index (χ1v) is 26.4. The Morgan fingerprint density at radius 1 is 0.861 bits per heavy atom. The molecule has 0 aromatic heterocycles. The molecule has 398 valence electrons. The standard InChI is InChI=1S/C58H83NO13/c1-35-18-12-10-13-19-36(2)44(33-49(62)43-20-14-11-15-21-43)32-45-25-23-41(7)58(68,72-45)55(65)56(66)59-27-17-16-22-46(59)57(67)71-50(38(4)30-42-24-26-47(60)51(31-42)69-8)34-48(61)37(3)29-40(6)53(64)54(70-9)52(63)39(5)28-35/h10-15,18-21,29,35,37-39,41-42,44-47,50-51,53-54,60,64,68H,16-17,22-28,30-34H2,1-9H3/b13-10+,18-12+,36-19+,40-29+/t35-,37-,38-,39-,41-,42+,44?,45+,46+,47-,50+,51-,53-,54?,58-/m1/s1. The molecule has 4 aliphatic rings. The lowest BCUT2D eigenvalue weighted by molar-refractivity contribution is -0.264. The van der Waals surface area contributed by atoms with Gasteiger partial charge in [-0.1, -0.05) is 107 Å². The summed E-state index contributed by atoms with van der Waals surface area (Å²) in [5, 5.41) is 34.2. The van der Waals surface area contributed by atoms with Crippen molar-refractivity contribution >= 4 is 35.0 Å². The van der Waals surface area contributed by atoms with E-state index < -0.39 is 77.8 Å². The highest BCUT2D eigenvalue weighted by atomic mass is 16.6. The lowest BCUT2D eigenvalue weighted by Crippen LogP contribution is -2.60. The van der Waals surface area contributed by atoms with E-state index in [2.05, 4.69) is 0 Å². The van der Waals surface area contributed by atoms with Crippen LogP contribution in [-0.2, 0) is 42.9 Å². The number of aliphatic hydroxyl groups excluding tert-OH is 2. The van der Waals surface area contributed by atoms with Crippen LogP contribution in [0.4, 0.5) is 0 Å². The molecule has 0 spiro atoms. The summed E-state index contributed by atoms with van der Waals surface area (Å²) in [4.78, 5) is 86.3. The van der Waals surface area contributed by atoms with Crippen molar-refractivity contribution in [3.05, 3.63) is 83.5 Å². The highest BCUT2D eigenvalue weighted by Crippen LogP contribution is 2.39. The lowest BCUT2D eigenvalue weighted by Gasteiger charge is -2.43. The van der Waals surface area contributed by atoms with Crippen molar-refractivity contribution in [2.45, 2.75) is 180 Å². The van der Waals surface area contributed by atoms with E-state index in [1.54, 1.807) is 65.1 Å². The predicted molar refractivity (Wildman–Crippen MR) is 273 cm³/mol. The number of cyclic esters (lactones) is 1. The van der Waals surface area contributed by atoms with E-state index in [9.17, 15) is 44.1 Å². The van der Waals surface area contributed by atoms with Gasteiger partial charge in [0, 0.05) is 56.9 Å². The minimum atomic E-state index is -2.50. The van der Waals surface area contributed by atoms with E-state index in [4.69, 9.17) is 18.9 Å². The number of ether oxygens (including phenoxy) is 4. The molecule has 1 amide bonds. The van der Waals surface area contributed by atoms with Gasteiger partial charge in [-0.05, 0) is 114 Å². The van der Waals surface area contributed by atoms with E-state index in [1.165, 1.54) is 12.0 Å². The third-order valence-corrected chi connectivity index (χ3v) is 15.9. The maximum atomic E-state index is 14.5. The summed E-state index contributed by atoms with van der Waals surface area (Å²) in [6.45, 7) is 12.7. The van der Waals surface area contributed by atoms with Gasteiger partial charge in [0.2, 0.25) is 5.79 Å². The van der Waals surface area contributed by atoms with Gasteiger partial charge >= 0.3 is 5.97 Å². The minimum Gasteiger partial charge on any atom is -0.460 e. The summed E-state index contributed by atoms with van der Waals surface area (Å²) >= 11 is 0. The number of hydrogen-bond acceptors (Lipinski definition) is 13. The number of benzene rings is 1. The average molecular weight is 1000 g/mol. The van der Waals surface area contributed by atoms with Gasteiger partial charge in [0.05, 0.1) is 18.3 Å². The Kier molecular flexibility index (Phi) is 22.1. The SMILES string of the molecule is COC1C(=O)[C@H](C)C[C@H](C)/C=C/C=C/C=C(\C)C(CC(=O)c2ccccc2)C[C@@H]2CC[C@@H](C)[C@@](O)(O2)C(=O)C(=O)N2CCCC[C@H]2C(=O)O[C@H]([C@H](C)C[C@@H]2CC[C@@H](O)[C@H](OC)C2)CC(=O)[C@H](C)/C=C(\C)[C@H]1O. The molecule has 2 bridgehead atoms. The topological polar surface area (TPSA) is 203 Å². The van der Waals surface area contributed by atoms with Crippen molar-refractivity contribution in [2.24, 2.45) is 41.4 Å². The molecule has 5 rings (SSSR count). The van der Waals surface area contributed by atoms with Gasteiger partial charge in [0.25, 0.3) is 11.7 Å². The van der Waals surface area contributed by atoms with Crippen molar-refractivity contribution in [3.8, 4) is 0 Å². The molecular formula is C58H83NO13. The Bertz CT molecular complexity index is 2150. The van der Waals surface area contributed by atoms with Crippen molar-refractivity contribution in [1.29, 1.82) is 0 Å². The van der Waals surface area contributed by atoms with Crippen LogP contribution in [0.3, 0.4) is 0 Å². The van der Waals surface area contributed by atoms with Gasteiger partial charge in [-0.2, -0.15) is 0 Å². The van der Waals surface area contributed by atoms with Crippen LogP contribution in [0.5, 0.6) is 0 Å². The molecule has 1 aromatic rings. The second kappa shape index (κ2) is 27.2. The fourth-order valence-electron chi connectivity index (χ4n) is 11.2. The molecule has 1 aromatic carbocycles. The van der Waals surface area contributed by atoms with Crippen LogP contribution in [0.15, 0.2) is 77.9 Å². The van der Waals surface area contributed by atoms with Crippen molar-refractivity contribution in [3.63, 3.8) is 0 Å². The number of esters is 1. The predicted octanol–water partition coefficient (Wildman–Crippen LogP) is 8.05. The molecule has 15 atom stereocenters. The zero-order valence-corrected chi connectivity index (χ0v) is 44.2. The number of methoxy groups -OCH3 is 2. The number of fused-ring (bicyclic) bond motifs is 3. The summed E-state index contributed by atoms with van der Waals surface area (Å²) in [5.74, 6) is -8.78. The van der Waals surface area contributed by atoms with E-state index in [0.717, 1.165) is 5.57 Å². The van der Waals surface area contributed by atoms with Gasteiger partial charge in [-0.25, -0.2) is 4.79 Å². The van der Waals surface area contributed by atoms with Crippen LogP contribution in [0.2, 0.25) is 0 Å². The van der Waals surface area contributed by atoms with Gasteiger partial charge in [0.1, 0.15) is 30.1 Å². The normalized spacial score (nSPS) is 37.5. The number of nitrogens with zero attached hydrogens (tertiary/aromatic N) is 1. The molecule has 2 saturated heterocycles. The van der Waals surface area contributed by atoms with Gasteiger partial charge in [0.15, 0.2) is 11.6 Å². The molecule has 1 aliphatic carbocycles. The summed E-state index contributed by atoms with van der Waals surface area (Å²) in [7, 11) is 2.93. The first-order chi connectivity index (χ1) is 34.2. The fraction of sp³-hybridized carbons (Fsp3) is 0.655. The number of amides is 1. The maximum Gasteiger partial charge on any atom is 0.329 e. The Hall–Kier alpha value is -4.44. The number of allylic oxidation sites excluding steroid dienone is 7. The van der Waals surface area contributed by atoms with Crippen LogP contribution in [0.25, 0.3) is 0 Å². The number of rotatable bonds is 8. The lowest BCUT2D eigenvalue weighted by atomic mass is 9.78. The van der Waals surface area contributed by atoms with Crippen LogP contribution in [-0.4, -0.2) is 124 Å². The summed E-state index contributed by atoms with van der Waals surface area (Å²) in [6.07, 6.45) is 11.2. The molecule has 14 heteroatoms. The third kappa shape index (κ3) is 15.3. The molecule has 3 heterocycles. The zero-order valence-electron chi connectivity index (χ0n) is 44.2. The molecular weight excluding hydrogens is 919 g/mol. The quantitative estimate of drug-likeness (QED) is 0.0978. The average Bonchev–Trinajstić information content (AvgIpc) is 3.36. The number of aliphatic hydroxyl groups is 3. The van der Waals surface area contributed by atoms with E-state index in [0.29, 0.717) is 68.9 Å². The van der Waals surface area contributed by atoms with Crippen molar-refractivity contribution in [1.82, 2.24) is 4.90 Å². The van der Waals surface area contributed by atoms with Crippen LogP contribution < -0.4 is 0 Å². The Labute approximate surface area is 427 Å². The molecule has 0 radical (unpaired) electrons. The number of piperidine rings is 1. The Morgan fingerprint density at radius 3 is 2.28 bits per heavy atom. The second-order valence-electron chi connectivity index (χ2n) is 21.6. The molecule has 3 N–H and O–H groups in total. The zero-order chi connectivity index (χ0) is 52.9. The molecule has 3 fully saturated rings. The second-order valence-corrected chi connectivity index (χ2v) is 21.6. The minimum absolute atomic E-state index is 0.0228. The summed E-state index contributed by atoms with van der Waals surface area (Å²) in [6, 6.07) is 7.80. The third-order valence-electron chi connectivity index (χ3n) is 15.9. The Morgan fingerprint density at radius 2 is 1.58 bits per heavy atom. The molecule has 1 saturated carbocycles. The van der Waals surface area contributed by atoms with E-state index >= 15 is 0 Å². The summed E-state index contributed by atoms with van der Waals surface area (Å²) < 4.78 is 23.8. The molecule has 3 aliphatic heterocycles. The summed E-state index contributed by atoms with van der Waals surface area (Å²) in [5.41, 5.74) is 1.80. The van der Waals surface area contributed by atoms with Crippen LogP contribution in [0.1, 0.15) is 142 Å². The maximum absolute atomic E-state index is 14.5. The molecule has 14 nitrogen and oxygen atoms in total. The van der Waals surface area contributed by atoms with Gasteiger partial charge < -0.3 is 39.2 Å². The van der Waals surface area contributed by atoms with Crippen LogP contribution in [0, 0.1) is 41.4 Å². The van der Waals surface area contributed by atoms with Crippen molar-refractivity contribution in [2.75, 3.05) is 20.8 Å². The molecule has 2 unspecified atom stereocenters. The van der Waals surface area contributed by atoms with Gasteiger partial charge in [-0.15, -0.1) is 0 Å². The monoisotopic (exact) mass is 1000 g/mol. The highest BCUT2D eigenvalue weighted by Gasteiger charge is 2.53.